The molecule has 2 saturated heterocycles. The second-order valence-electron chi connectivity index (χ2n) is 21.4. The number of aryl methyl sites for hydroxylation is 2. The second kappa shape index (κ2) is 28.2. The van der Waals surface area contributed by atoms with Crippen molar-refractivity contribution in [2.45, 2.75) is 76.5 Å². The SMILES string of the molecule is CN(C/C=C/C(=O)O)C1CC1.Cc1ccnc(NC(=O)c2ccc(-c3nn([C@@H]4CCN(C(=O)/C=C/CN(C)C5CC5)C4)c4ncnc(N)c34)cc2)c1.Cc1ccnc(NC(=O)c2ccc(-c3nn([C@@H]4CCNC4)c4ncnc(N)c34)cc2)c1.Cl.Cl. The predicted octanol–water partition coefficient (Wildman–Crippen LogP) is 7.59. The fraction of sp³-hybridized carbons (Fsp3) is 0.333. The maximum absolute atomic E-state index is 12.9. The Kier molecular flexibility index (Phi) is 20.7. The van der Waals surface area contributed by atoms with Gasteiger partial charge in [-0.25, -0.2) is 44.1 Å². The van der Waals surface area contributed by atoms with Gasteiger partial charge in [0.2, 0.25) is 5.91 Å². The molecule has 8 N–H and O–H groups in total. The Hall–Kier alpha value is -8.74. The molecule has 2 aliphatic heterocycles. The van der Waals surface area contributed by atoms with Gasteiger partial charge in [-0.2, -0.15) is 10.2 Å². The molecule has 4 fully saturated rings. The minimum atomic E-state index is -0.866. The lowest BCUT2D eigenvalue weighted by Crippen LogP contribution is -2.28. The number of carboxylic acids is 1. The molecule has 3 amide bonds. The molecule has 444 valence electrons. The summed E-state index contributed by atoms with van der Waals surface area (Å²) < 4.78 is 3.80. The van der Waals surface area contributed by atoms with Crippen LogP contribution in [0.2, 0.25) is 0 Å². The third-order valence-electron chi connectivity index (χ3n) is 15.0. The average molecular weight is 1190 g/mol. The molecular weight excluding hydrogens is 1120 g/mol. The number of benzene rings is 2. The molecule has 2 aliphatic carbocycles. The number of carbonyl (C=O) groups excluding carboxylic acids is 3. The predicted molar refractivity (Wildman–Crippen MR) is 333 cm³/mol. The number of nitrogens with one attached hydrogen (secondary N) is 3. The molecule has 2 atom stereocenters. The minimum Gasteiger partial charge on any atom is -0.478 e. The number of hydrogen-bond donors (Lipinski definition) is 6. The highest BCUT2D eigenvalue weighted by Gasteiger charge is 2.31. The van der Waals surface area contributed by atoms with Crippen molar-refractivity contribution in [1.82, 2.24) is 69.5 Å². The normalized spacial score (nSPS) is 16.4. The molecule has 0 radical (unpaired) electrons. The molecule has 8 heterocycles. The average Bonchev–Trinajstić information content (AvgIpc) is 2.22. The molecule has 6 aromatic heterocycles. The summed E-state index contributed by atoms with van der Waals surface area (Å²) in [5, 5.41) is 28.4. The number of rotatable bonds is 16. The van der Waals surface area contributed by atoms with Crippen LogP contribution in [0.25, 0.3) is 44.6 Å². The van der Waals surface area contributed by atoms with Gasteiger partial charge in [0.25, 0.3) is 11.8 Å². The van der Waals surface area contributed by atoms with E-state index >= 15 is 0 Å². The highest BCUT2D eigenvalue weighted by atomic mass is 35.5. The number of nitrogen functional groups attached to an aromatic ring is 2. The standard InChI is InChI=1S/C30H33N9O2.C22H22N8O.C8H13NO2.2ClH/c1-19-11-13-32-24(16-19)35-30(41)21-7-5-20(6-8-21)27-26-28(31)33-18-34-29(26)39(36-27)23-12-15-38(17-23)25(40)4-3-14-37(2)22-9-10-22;1-13-6-9-25-17(10-13)28-22(31)15-4-2-14(3-5-15)19-18-20(23)26-12-27-21(18)30(29-19)16-7-8-24-11-16;1-9(7-4-5-7)6-2-3-8(10)11;;/h3-8,11,13,16,18,22-23H,9-10,12,14-15,17H2,1-2H3,(H2,31,33,34)(H,32,35,41);2-6,9-10,12,16,24H,7-8,11H2,1H3,(H2,23,26,27)(H,25,28,31);2-3,7H,4-6H2,1H3,(H,10,11);2*1H/b4-3+;;3-2+;;/t23-;16-;;;/m11.../s1. The molecule has 4 aliphatic rings. The highest BCUT2D eigenvalue weighted by molar-refractivity contribution is 6.06. The van der Waals surface area contributed by atoms with Gasteiger partial charge >= 0.3 is 5.97 Å². The van der Waals surface area contributed by atoms with Crippen molar-refractivity contribution < 1.29 is 24.3 Å². The van der Waals surface area contributed by atoms with Crippen molar-refractivity contribution in [3.05, 3.63) is 144 Å². The summed E-state index contributed by atoms with van der Waals surface area (Å²) >= 11 is 0. The van der Waals surface area contributed by atoms with Gasteiger partial charge in [0.15, 0.2) is 11.3 Å². The molecule has 0 spiro atoms. The number of fused-ring (bicyclic) bond motifs is 2. The fourth-order valence-electron chi connectivity index (χ4n) is 10.1. The van der Waals surface area contributed by atoms with E-state index in [9.17, 15) is 19.2 Å². The fourth-order valence-corrected chi connectivity index (χ4v) is 10.1. The van der Waals surface area contributed by atoms with Crippen LogP contribution in [0.1, 0.15) is 82.5 Å². The Balaban J connectivity index is 0.000000188. The molecule has 2 aromatic carbocycles. The maximum Gasteiger partial charge on any atom is 0.328 e. The van der Waals surface area contributed by atoms with E-state index in [1.165, 1.54) is 44.4 Å². The Bertz CT molecular complexity index is 3710. The number of hydrogen-bond acceptors (Lipinski definition) is 17. The Morgan fingerprint density at radius 3 is 1.54 bits per heavy atom. The lowest BCUT2D eigenvalue weighted by molar-refractivity contribution is -0.131. The zero-order valence-corrected chi connectivity index (χ0v) is 49.3. The number of nitrogens with two attached hydrogens (primary N) is 2. The van der Waals surface area contributed by atoms with Crippen molar-refractivity contribution >= 4 is 93.8 Å². The molecular formula is C60H70Cl2N18O5. The van der Waals surface area contributed by atoms with Crippen LogP contribution < -0.4 is 27.4 Å². The summed E-state index contributed by atoms with van der Waals surface area (Å²) in [7, 11) is 4.11. The number of amides is 3. The number of carbonyl (C=O) groups is 4. The monoisotopic (exact) mass is 1190 g/mol. The van der Waals surface area contributed by atoms with Gasteiger partial charge in [-0.15, -0.1) is 24.8 Å². The molecule has 8 aromatic rings. The van der Waals surface area contributed by atoms with Gasteiger partial charge in [-0.3, -0.25) is 24.2 Å². The number of aliphatic carboxylic acids is 1. The number of carboxylic acid groups (broad SMARTS) is 1. The molecule has 2 saturated carbocycles. The van der Waals surface area contributed by atoms with E-state index in [1.807, 2.05) is 89.8 Å². The molecule has 23 nitrogen and oxygen atoms in total. The summed E-state index contributed by atoms with van der Waals surface area (Å²) in [5.74, 6) is 0.415. The van der Waals surface area contributed by atoms with E-state index in [0.717, 1.165) is 72.3 Å². The van der Waals surface area contributed by atoms with Crippen molar-refractivity contribution in [3.63, 3.8) is 0 Å². The first-order chi connectivity index (χ1) is 40.2. The van der Waals surface area contributed by atoms with Crippen LogP contribution in [-0.4, -0.2) is 158 Å². The van der Waals surface area contributed by atoms with Crippen LogP contribution in [0.3, 0.4) is 0 Å². The first-order valence-electron chi connectivity index (χ1n) is 27.8. The summed E-state index contributed by atoms with van der Waals surface area (Å²) in [5.41, 5.74) is 19.9. The number of aromatic nitrogens is 10. The Labute approximate surface area is 504 Å². The number of halogens is 2. The van der Waals surface area contributed by atoms with E-state index in [1.54, 1.807) is 48.8 Å². The molecule has 25 heteroatoms. The van der Waals surface area contributed by atoms with Gasteiger partial charge in [-0.1, -0.05) is 36.4 Å². The van der Waals surface area contributed by atoms with Gasteiger partial charge in [0.1, 0.15) is 47.3 Å². The van der Waals surface area contributed by atoms with Crippen LogP contribution in [0.15, 0.2) is 122 Å². The van der Waals surface area contributed by atoms with Gasteiger partial charge < -0.3 is 37.4 Å². The topological polar surface area (TPSA) is 299 Å². The van der Waals surface area contributed by atoms with Gasteiger partial charge in [0.05, 0.1) is 22.9 Å². The second-order valence-corrected chi connectivity index (χ2v) is 21.4. The lowest BCUT2D eigenvalue weighted by Gasteiger charge is -2.16. The van der Waals surface area contributed by atoms with Crippen molar-refractivity contribution in [2.24, 2.45) is 0 Å². The molecule has 0 bridgehead atoms. The first kappa shape index (κ1) is 62.3. The zero-order valence-electron chi connectivity index (χ0n) is 47.7. The van der Waals surface area contributed by atoms with Gasteiger partial charge in [0, 0.05) is 91.6 Å². The zero-order chi connectivity index (χ0) is 58.1. The molecule has 0 unspecified atom stereocenters. The van der Waals surface area contributed by atoms with E-state index in [4.69, 9.17) is 26.8 Å². The van der Waals surface area contributed by atoms with Crippen molar-refractivity contribution in [2.75, 3.05) is 75.5 Å². The maximum atomic E-state index is 12.9. The minimum absolute atomic E-state index is 0. The number of likely N-dealkylation sites (tertiary alicyclic amines) is 1. The summed E-state index contributed by atoms with van der Waals surface area (Å²) in [6.45, 7) is 8.38. The molecule has 12 rings (SSSR count). The first-order valence-corrected chi connectivity index (χ1v) is 27.8. The number of anilines is 4. The Morgan fingerprint density at radius 2 is 1.11 bits per heavy atom. The quantitative estimate of drug-likeness (QED) is 0.0508. The van der Waals surface area contributed by atoms with Gasteiger partial charge in [-0.05, 0) is 133 Å². The third kappa shape index (κ3) is 15.5. The Morgan fingerprint density at radius 1 is 0.635 bits per heavy atom. The van der Waals surface area contributed by atoms with E-state index in [2.05, 4.69) is 62.7 Å². The smallest absolute Gasteiger partial charge is 0.328 e. The van der Waals surface area contributed by atoms with E-state index in [0.29, 0.717) is 82.0 Å². The van der Waals surface area contributed by atoms with Crippen LogP contribution in [0, 0.1) is 13.8 Å². The third-order valence-corrected chi connectivity index (χ3v) is 15.0. The molecule has 85 heavy (non-hydrogen) atoms. The highest BCUT2D eigenvalue weighted by Crippen LogP contribution is 2.36. The summed E-state index contributed by atoms with van der Waals surface area (Å²) in [6, 6.07) is 23.4. The van der Waals surface area contributed by atoms with Crippen LogP contribution in [0.5, 0.6) is 0 Å². The lowest BCUT2D eigenvalue weighted by atomic mass is 10.1. The van der Waals surface area contributed by atoms with Crippen LogP contribution in [-0.2, 0) is 9.59 Å². The van der Waals surface area contributed by atoms with Crippen LogP contribution >= 0.6 is 24.8 Å². The van der Waals surface area contributed by atoms with E-state index < -0.39 is 5.97 Å². The summed E-state index contributed by atoms with van der Waals surface area (Å²) in [4.78, 5) is 80.3. The number of nitrogens with zero attached hydrogens (tertiary/aromatic N) is 13. The number of pyridine rings is 2. The van der Waals surface area contributed by atoms with Crippen molar-refractivity contribution in [3.8, 4) is 22.5 Å². The largest absolute Gasteiger partial charge is 0.478 e. The van der Waals surface area contributed by atoms with Crippen LogP contribution in [0.4, 0.5) is 23.3 Å². The number of likely N-dealkylation sites (N-methyl/N-ethyl adjacent to an activating group) is 2. The van der Waals surface area contributed by atoms with E-state index in [-0.39, 0.29) is 54.6 Å². The summed E-state index contributed by atoms with van der Waals surface area (Å²) in [6.07, 6.45) is 19.5. The van der Waals surface area contributed by atoms with Crippen molar-refractivity contribution in [1.29, 1.82) is 0 Å².